The predicted molar refractivity (Wildman–Crippen MR) is 134 cm³/mol. The first-order valence-corrected chi connectivity index (χ1v) is 12.2. The zero-order valence-corrected chi connectivity index (χ0v) is 24.4. The van der Waals surface area contributed by atoms with Crippen LogP contribution < -0.4 is 54.4 Å². The molecule has 0 saturated carbocycles. The van der Waals surface area contributed by atoms with E-state index in [0.29, 0.717) is 29.8 Å². The van der Waals surface area contributed by atoms with E-state index in [1.54, 1.807) is 18.2 Å². The van der Waals surface area contributed by atoms with Crippen molar-refractivity contribution in [2.24, 2.45) is 0 Å². The van der Waals surface area contributed by atoms with Crippen LogP contribution in [0.3, 0.4) is 0 Å². The Kier molecular flexibility index (Phi) is 11.3. The number of methoxy groups -OCH3 is 2. The van der Waals surface area contributed by atoms with E-state index >= 15 is 0 Å². The van der Waals surface area contributed by atoms with E-state index in [4.69, 9.17) is 21.7 Å². The van der Waals surface area contributed by atoms with Gasteiger partial charge in [0.05, 0.1) is 19.8 Å². The molecular weight excluding hydrogens is 485 g/mol. The normalized spacial score (nSPS) is 11.1. The molecule has 11 heteroatoms. The zero-order valence-electron chi connectivity index (χ0n) is 21.7. The van der Waals surface area contributed by atoms with Crippen molar-refractivity contribution in [3.63, 3.8) is 0 Å². The summed E-state index contributed by atoms with van der Waals surface area (Å²) in [7, 11) is 0.506. The third kappa shape index (κ3) is 7.84. The maximum absolute atomic E-state index is 12.8. The Bertz CT molecular complexity index is 1140. The van der Waals surface area contributed by atoms with Gasteiger partial charge < -0.3 is 21.5 Å². The summed E-state index contributed by atoms with van der Waals surface area (Å²) in [4.78, 5) is 12.8. The first kappa shape index (κ1) is 30.2. The predicted octanol–water partition coefficient (Wildman–Crippen LogP) is -0.127. The van der Waals surface area contributed by atoms with Crippen LogP contribution in [-0.4, -0.2) is 47.2 Å². The summed E-state index contributed by atoms with van der Waals surface area (Å²) >= 11 is 4.91. The number of carbonyl (C=O) groups is 1. The van der Waals surface area contributed by atoms with Gasteiger partial charge in [-0.2, -0.15) is 0 Å². The number of rotatable bonds is 8. The molecule has 0 aliphatic rings. The average Bonchev–Trinajstić information content (AvgIpc) is 2.77. The third-order valence-electron chi connectivity index (χ3n) is 4.98. The number of hydrogen-bond acceptors (Lipinski definition) is 6. The summed E-state index contributed by atoms with van der Waals surface area (Å²) in [6, 6.07) is 10.4. The monoisotopic (exact) mass is 517 g/mol. The van der Waals surface area contributed by atoms with E-state index in [1.807, 2.05) is 12.1 Å². The molecule has 0 heterocycles. The number of thiocarbonyl (C=S) groups is 1. The van der Waals surface area contributed by atoms with Gasteiger partial charge >= 0.3 is 29.6 Å². The first-order valence-electron chi connectivity index (χ1n) is 10.3. The van der Waals surface area contributed by atoms with Crippen LogP contribution >= 0.6 is 12.2 Å². The number of hydrogen-bond donors (Lipinski definition) is 3. The molecular formula is C23H32N3NaO5S2. The summed E-state index contributed by atoms with van der Waals surface area (Å²) in [5.41, 5.74) is 2.07. The van der Waals surface area contributed by atoms with Gasteiger partial charge in [-0.3, -0.25) is 9.52 Å². The van der Waals surface area contributed by atoms with E-state index in [2.05, 4.69) is 36.1 Å². The van der Waals surface area contributed by atoms with Crippen LogP contribution in [0.2, 0.25) is 0 Å². The number of carbonyl (C=O) groups excluding carboxylic acids is 1. The SMILES string of the molecule is CNC(=S)NS(=O)(=O)c1cc(CCNC(=O)c2cc(C(C)(C)C)ccc2OC)ccc1OC.[H-].[Na+]. The standard InChI is InChI=1S/C23H31N3O5S2.Na.H/c1-23(2,3)16-8-10-18(30-5)17(14-16)21(27)25-12-11-15-7-9-19(31-6)20(13-15)33(28,29)26-22(32)24-4;;/h7-10,13-14H,11-12H2,1-6H3,(H,25,27)(H2,24,26,32);;/q;+1;-1. The van der Waals surface area contributed by atoms with Crippen LogP contribution in [0.1, 0.15) is 43.7 Å². The van der Waals surface area contributed by atoms with Crippen molar-refractivity contribution >= 4 is 33.3 Å². The number of ether oxygens (including phenoxy) is 2. The summed E-state index contributed by atoms with van der Waals surface area (Å²) in [5.74, 6) is 0.420. The van der Waals surface area contributed by atoms with Gasteiger partial charge in [0.15, 0.2) is 5.11 Å². The molecule has 0 fully saturated rings. The smallest absolute Gasteiger partial charge is 1.00 e. The van der Waals surface area contributed by atoms with E-state index in [0.717, 1.165) is 5.56 Å². The first-order chi connectivity index (χ1) is 15.4. The summed E-state index contributed by atoms with van der Waals surface area (Å²) in [6.45, 7) is 6.52. The van der Waals surface area contributed by atoms with Gasteiger partial charge in [0.1, 0.15) is 16.4 Å². The summed E-state index contributed by atoms with van der Waals surface area (Å²) in [5, 5.41) is 5.43. The van der Waals surface area contributed by atoms with Crippen molar-refractivity contribution in [1.29, 1.82) is 0 Å². The molecule has 3 N–H and O–H groups in total. The van der Waals surface area contributed by atoms with E-state index in [1.165, 1.54) is 27.3 Å². The Morgan fingerprint density at radius 3 is 2.24 bits per heavy atom. The van der Waals surface area contributed by atoms with Crippen LogP contribution in [-0.2, 0) is 21.9 Å². The minimum atomic E-state index is -3.93. The van der Waals surface area contributed by atoms with Crippen LogP contribution in [0.4, 0.5) is 0 Å². The zero-order chi connectivity index (χ0) is 24.8. The molecule has 182 valence electrons. The van der Waals surface area contributed by atoms with Crippen molar-refractivity contribution in [3.8, 4) is 11.5 Å². The van der Waals surface area contributed by atoms with E-state index in [-0.39, 0.29) is 58.1 Å². The second-order valence-corrected chi connectivity index (χ2v) is 10.4. The fourth-order valence-corrected chi connectivity index (χ4v) is 4.59. The maximum Gasteiger partial charge on any atom is 1.00 e. The van der Waals surface area contributed by atoms with Crippen molar-refractivity contribution in [3.05, 3.63) is 53.1 Å². The molecule has 0 aromatic heterocycles. The van der Waals surface area contributed by atoms with Crippen LogP contribution in [0.5, 0.6) is 11.5 Å². The molecule has 2 aromatic carbocycles. The molecule has 2 rings (SSSR count). The van der Waals surface area contributed by atoms with Crippen molar-refractivity contribution in [2.75, 3.05) is 27.8 Å². The summed E-state index contributed by atoms with van der Waals surface area (Å²) in [6.07, 6.45) is 0.413. The number of benzene rings is 2. The Morgan fingerprint density at radius 1 is 1.06 bits per heavy atom. The Balaban J connectivity index is 0.00000578. The van der Waals surface area contributed by atoms with Crippen molar-refractivity contribution < 1.29 is 53.7 Å². The van der Waals surface area contributed by atoms with Crippen LogP contribution in [0.15, 0.2) is 41.3 Å². The molecule has 8 nitrogen and oxygen atoms in total. The summed E-state index contributed by atoms with van der Waals surface area (Å²) < 4.78 is 38.2. The van der Waals surface area contributed by atoms with Crippen molar-refractivity contribution in [1.82, 2.24) is 15.4 Å². The molecule has 0 unspecified atom stereocenters. The molecule has 0 radical (unpaired) electrons. The fraction of sp³-hybridized carbons (Fsp3) is 0.391. The topological polar surface area (TPSA) is 106 Å². The van der Waals surface area contributed by atoms with Crippen molar-refractivity contribution in [2.45, 2.75) is 37.5 Å². The van der Waals surface area contributed by atoms with Crippen LogP contribution in [0, 0.1) is 0 Å². The molecule has 0 aliphatic heterocycles. The molecule has 0 spiro atoms. The average molecular weight is 518 g/mol. The molecule has 0 aliphatic carbocycles. The van der Waals surface area contributed by atoms with E-state index in [9.17, 15) is 13.2 Å². The van der Waals surface area contributed by atoms with Gasteiger partial charge in [0.25, 0.3) is 15.9 Å². The van der Waals surface area contributed by atoms with Gasteiger partial charge in [-0.1, -0.05) is 32.9 Å². The van der Waals surface area contributed by atoms with Gasteiger partial charge in [0.2, 0.25) is 0 Å². The quantitative estimate of drug-likeness (QED) is 0.331. The number of amides is 1. The second kappa shape index (κ2) is 12.7. The largest absolute Gasteiger partial charge is 1.00 e. The van der Waals surface area contributed by atoms with E-state index < -0.39 is 10.0 Å². The minimum absolute atomic E-state index is 0. The molecule has 0 saturated heterocycles. The van der Waals surface area contributed by atoms with Crippen LogP contribution in [0.25, 0.3) is 0 Å². The Hall–Kier alpha value is -1.85. The fourth-order valence-electron chi connectivity index (χ4n) is 3.08. The van der Waals surface area contributed by atoms with Gasteiger partial charge in [-0.25, -0.2) is 8.42 Å². The molecule has 0 atom stereocenters. The molecule has 1 amide bonds. The molecule has 2 aromatic rings. The number of sulfonamides is 1. The third-order valence-corrected chi connectivity index (χ3v) is 6.79. The minimum Gasteiger partial charge on any atom is -1.00 e. The molecule has 34 heavy (non-hydrogen) atoms. The Labute approximate surface area is 231 Å². The van der Waals surface area contributed by atoms with Gasteiger partial charge in [-0.15, -0.1) is 0 Å². The van der Waals surface area contributed by atoms with Gasteiger partial charge in [-0.05, 0) is 59.4 Å². The molecule has 0 bridgehead atoms. The Morgan fingerprint density at radius 2 is 1.68 bits per heavy atom. The second-order valence-electron chi connectivity index (χ2n) is 8.34. The number of nitrogens with one attached hydrogen (secondary N) is 3. The maximum atomic E-state index is 12.8. The van der Waals surface area contributed by atoms with Gasteiger partial charge in [0, 0.05) is 13.6 Å².